The molecule has 32 heavy (non-hydrogen) atoms. The molecule has 176 valence electrons. The van der Waals surface area contributed by atoms with Gasteiger partial charge < -0.3 is 19.3 Å². The highest BCUT2D eigenvalue weighted by atomic mass is 16.6. The minimum atomic E-state index is -0.501. The largest absolute Gasteiger partial charge is 0.469 e. The lowest BCUT2D eigenvalue weighted by molar-refractivity contribution is -0.147. The summed E-state index contributed by atoms with van der Waals surface area (Å²) in [5, 5.41) is 0. The van der Waals surface area contributed by atoms with Crippen molar-refractivity contribution in [1.82, 2.24) is 9.80 Å². The third-order valence-corrected chi connectivity index (χ3v) is 7.16. The van der Waals surface area contributed by atoms with Crippen molar-refractivity contribution in [2.24, 2.45) is 11.3 Å². The molecule has 1 aromatic carbocycles. The van der Waals surface area contributed by atoms with Gasteiger partial charge in [0.25, 0.3) is 0 Å². The van der Waals surface area contributed by atoms with Gasteiger partial charge in [-0.3, -0.25) is 4.79 Å². The van der Waals surface area contributed by atoms with Crippen LogP contribution in [0, 0.1) is 11.3 Å². The highest BCUT2D eigenvalue weighted by Crippen LogP contribution is 2.51. The molecule has 6 nitrogen and oxygen atoms in total. The SMILES string of the molecule is COC(=O)C1CCN(CC2(CN(C(=O)OC(C)(C)C)[C@H]3CC3c3ccccc3)CC2)CC1. The van der Waals surface area contributed by atoms with Gasteiger partial charge in [-0.05, 0) is 71.5 Å². The fourth-order valence-electron chi connectivity index (χ4n) is 5.09. The van der Waals surface area contributed by atoms with Crippen LogP contribution in [0.25, 0.3) is 0 Å². The quantitative estimate of drug-likeness (QED) is 0.584. The average molecular weight is 443 g/mol. The average Bonchev–Trinajstić information content (AvgIpc) is 3.68. The Hall–Kier alpha value is -2.08. The Morgan fingerprint density at radius 1 is 1.12 bits per heavy atom. The van der Waals surface area contributed by atoms with Gasteiger partial charge in [-0.2, -0.15) is 0 Å². The second-order valence-electron chi connectivity index (χ2n) is 11.0. The molecule has 1 unspecified atom stereocenters. The topological polar surface area (TPSA) is 59.1 Å². The molecular formula is C26H38N2O4. The lowest BCUT2D eigenvalue weighted by Crippen LogP contribution is -2.46. The molecular weight excluding hydrogens is 404 g/mol. The zero-order valence-corrected chi connectivity index (χ0v) is 20.0. The number of methoxy groups -OCH3 is 1. The molecule has 1 saturated heterocycles. The van der Waals surface area contributed by atoms with E-state index in [1.807, 2.05) is 31.7 Å². The van der Waals surface area contributed by atoms with Crippen molar-refractivity contribution in [1.29, 1.82) is 0 Å². The summed E-state index contributed by atoms with van der Waals surface area (Å²) >= 11 is 0. The van der Waals surface area contributed by atoms with Gasteiger partial charge in [0.1, 0.15) is 5.60 Å². The first-order chi connectivity index (χ1) is 15.2. The van der Waals surface area contributed by atoms with E-state index in [1.54, 1.807) is 0 Å². The number of benzene rings is 1. The van der Waals surface area contributed by atoms with Crippen LogP contribution in [0.2, 0.25) is 0 Å². The molecule has 2 aliphatic carbocycles. The van der Waals surface area contributed by atoms with Crippen molar-refractivity contribution in [2.75, 3.05) is 33.3 Å². The Bertz CT molecular complexity index is 807. The Labute approximate surface area is 192 Å². The summed E-state index contributed by atoms with van der Waals surface area (Å²) in [5.41, 5.74) is 0.957. The molecule has 6 heteroatoms. The number of hydrogen-bond donors (Lipinski definition) is 0. The van der Waals surface area contributed by atoms with Crippen molar-refractivity contribution >= 4 is 12.1 Å². The summed E-state index contributed by atoms with van der Waals surface area (Å²) in [7, 11) is 1.47. The maximum absolute atomic E-state index is 13.2. The number of nitrogens with zero attached hydrogens (tertiary/aromatic N) is 2. The Balaban J connectivity index is 1.40. The van der Waals surface area contributed by atoms with Crippen LogP contribution in [0.4, 0.5) is 4.79 Å². The first-order valence-corrected chi connectivity index (χ1v) is 12.0. The summed E-state index contributed by atoms with van der Waals surface area (Å²) in [6, 6.07) is 10.7. The molecule has 0 N–H and O–H groups in total. The lowest BCUT2D eigenvalue weighted by atomic mass is 9.95. The number of carbonyl (C=O) groups is 2. The third kappa shape index (κ3) is 5.64. The van der Waals surface area contributed by atoms with E-state index in [1.165, 1.54) is 12.7 Å². The van der Waals surface area contributed by atoms with E-state index in [4.69, 9.17) is 9.47 Å². The summed E-state index contributed by atoms with van der Waals surface area (Å²) in [5.74, 6) is 0.348. The lowest BCUT2D eigenvalue weighted by Gasteiger charge is -2.36. The predicted octanol–water partition coefficient (Wildman–Crippen LogP) is 4.44. The van der Waals surface area contributed by atoms with Crippen LogP contribution in [-0.2, 0) is 14.3 Å². The normalized spacial score (nSPS) is 25.1. The smallest absolute Gasteiger partial charge is 0.410 e. The van der Waals surface area contributed by atoms with Gasteiger partial charge in [0, 0.05) is 30.5 Å². The van der Waals surface area contributed by atoms with Crippen LogP contribution in [0.3, 0.4) is 0 Å². The number of carbonyl (C=O) groups excluding carboxylic acids is 2. The van der Waals surface area contributed by atoms with Crippen LogP contribution in [0.15, 0.2) is 30.3 Å². The number of amides is 1. The van der Waals surface area contributed by atoms with Crippen molar-refractivity contribution < 1.29 is 19.1 Å². The van der Waals surface area contributed by atoms with E-state index in [2.05, 4.69) is 29.2 Å². The van der Waals surface area contributed by atoms with E-state index in [0.717, 1.165) is 58.3 Å². The summed E-state index contributed by atoms with van der Waals surface area (Å²) < 4.78 is 10.7. The highest BCUT2D eigenvalue weighted by Gasteiger charge is 2.52. The zero-order chi connectivity index (χ0) is 22.9. The van der Waals surface area contributed by atoms with Gasteiger partial charge in [-0.25, -0.2) is 4.79 Å². The van der Waals surface area contributed by atoms with Gasteiger partial charge in [0.05, 0.1) is 13.0 Å². The summed E-state index contributed by atoms with van der Waals surface area (Å²) in [6.45, 7) is 9.39. The second kappa shape index (κ2) is 9.05. The van der Waals surface area contributed by atoms with Crippen molar-refractivity contribution in [3.05, 3.63) is 35.9 Å². The summed E-state index contributed by atoms with van der Waals surface area (Å²) in [4.78, 5) is 29.5. The first kappa shape index (κ1) is 23.1. The van der Waals surface area contributed by atoms with Crippen LogP contribution in [0.5, 0.6) is 0 Å². The fraction of sp³-hybridized carbons (Fsp3) is 0.692. The summed E-state index contributed by atoms with van der Waals surface area (Å²) in [6.07, 6.45) is 4.83. The molecule has 0 radical (unpaired) electrons. The second-order valence-corrected chi connectivity index (χ2v) is 11.0. The van der Waals surface area contributed by atoms with Gasteiger partial charge in [-0.15, -0.1) is 0 Å². The van der Waals surface area contributed by atoms with Gasteiger partial charge in [-0.1, -0.05) is 30.3 Å². The maximum Gasteiger partial charge on any atom is 0.410 e. The van der Waals surface area contributed by atoms with Crippen molar-refractivity contribution in [3.63, 3.8) is 0 Å². The number of hydrogen-bond acceptors (Lipinski definition) is 5. The number of likely N-dealkylation sites (tertiary alicyclic amines) is 1. The Morgan fingerprint density at radius 3 is 2.34 bits per heavy atom. The molecule has 2 saturated carbocycles. The standard InChI is InChI=1S/C26H38N2O4/c1-25(2,3)32-24(30)28(22-16-21(22)19-8-6-5-7-9-19)18-26(12-13-26)17-27-14-10-20(11-15-27)23(29)31-4/h5-9,20-22H,10-18H2,1-4H3/t21?,22-/m0/s1. The molecule has 3 fully saturated rings. The number of rotatable bonds is 7. The highest BCUT2D eigenvalue weighted by molar-refractivity contribution is 5.72. The van der Waals surface area contributed by atoms with E-state index >= 15 is 0 Å². The molecule has 1 amide bonds. The zero-order valence-electron chi connectivity index (χ0n) is 20.0. The number of ether oxygens (including phenoxy) is 2. The molecule has 1 aliphatic heterocycles. The van der Waals surface area contributed by atoms with E-state index < -0.39 is 5.60 Å². The van der Waals surface area contributed by atoms with Gasteiger partial charge >= 0.3 is 12.1 Å². The number of esters is 1. The number of piperidine rings is 1. The third-order valence-electron chi connectivity index (χ3n) is 7.16. The monoisotopic (exact) mass is 442 g/mol. The van der Waals surface area contributed by atoms with Gasteiger partial charge in [0.2, 0.25) is 0 Å². The molecule has 3 aliphatic rings. The van der Waals surface area contributed by atoms with Crippen molar-refractivity contribution in [3.8, 4) is 0 Å². The fourth-order valence-corrected chi connectivity index (χ4v) is 5.09. The molecule has 0 aromatic heterocycles. The molecule has 1 heterocycles. The minimum absolute atomic E-state index is 0.0303. The molecule has 0 bridgehead atoms. The predicted molar refractivity (Wildman–Crippen MR) is 123 cm³/mol. The first-order valence-electron chi connectivity index (χ1n) is 12.0. The maximum atomic E-state index is 13.2. The molecule has 2 atom stereocenters. The molecule has 4 rings (SSSR count). The molecule has 0 spiro atoms. The van der Waals surface area contributed by atoms with Gasteiger partial charge in [0.15, 0.2) is 0 Å². The Morgan fingerprint density at radius 2 is 1.78 bits per heavy atom. The van der Waals surface area contributed by atoms with E-state index in [0.29, 0.717) is 5.92 Å². The van der Waals surface area contributed by atoms with E-state index in [-0.39, 0.29) is 29.4 Å². The molecule has 1 aromatic rings. The van der Waals surface area contributed by atoms with Crippen LogP contribution >= 0.6 is 0 Å². The minimum Gasteiger partial charge on any atom is -0.469 e. The van der Waals surface area contributed by atoms with Crippen molar-refractivity contribution in [2.45, 2.75) is 70.4 Å². The van der Waals surface area contributed by atoms with Crippen LogP contribution in [0.1, 0.15) is 64.4 Å². The van der Waals surface area contributed by atoms with Crippen LogP contribution < -0.4 is 0 Å². The van der Waals surface area contributed by atoms with E-state index in [9.17, 15) is 9.59 Å². The van der Waals surface area contributed by atoms with Crippen LogP contribution in [-0.4, -0.2) is 66.8 Å². The Kier molecular flexibility index (Phi) is 6.53.